The van der Waals surface area contributed by atoms with E-state index in [9.17, 15) is 4.79 Å². The summed E-state index contributed by atoms with van der Waals surface area (Å²) in [5.41, 5.74) is 1.31. The molecule has 1 aromatic rings. The number of carbonyl (C=O) groups excluding carboxylic acids is 1. The lowest BCUT2D eigenvalue weighted by atomic mass is 9.83. The molecule has 1 aromatic heterocycles. The molecular formula is C15H20BrNOS. The highest BCUT2D eigenvalue weighted by molar-refractivity contribution is 9.09. The quantitative estimate of drug-likeness (QED) is 0.765. The smallest absolute Gasteiger partial charge is 0.229 e. The zero-order valence-corrected chi connectivity index (χ0v) is 13.7. The summed E-state index contributed by atoms with van der Waals surface area (Å²) in [7, 11) is 1.98. The van der Waals surface area contributed by atoms with Gasteiger partial charge in [-0.15, -0.1) is 11.3 Å². The number of amides is 1. The predicted molar refractivity (Wildman–Crippen MR) is 83.1 cm³/mol. The van der Waals surface area contributed by atoms with Gasteiger partial charge in [0, 0.05) is 23.3 Å². The number of hydrogen-bond donors (Lipinski definition) is 0. The number of rotatable bonds is 3. The van der Waals surface area contributed by atoms with Crippen molar-refractivity contribution < 1.29 is 4.79 Å². The van der Waals surface area contributed by atoms with Crippen LogP contribution in [0.25, 0.3) is 0 Å². The fourth-order valence-corrected chi connectivity index (χ4v) is 5.33. The van der Waals surface area contributed by atoms with E-state index < -0.39 is 0 Å². The zero-order valence-electron chi connectivity index (χ0n) is 11.3. The average molecular weight is 342 g/mol. The number of halogens is 1. The van der Waals surface area contributed by atoms with E-state index >= 15 is 0 Å². The van der Waals surface area contributed by atoms with Gasteiger partial charge in [0.15, 0.2) is 0 Å². The lowest BCUT2D eigenvalue weighted by Gasteiger charge is -2.36. The first-order valence-corrected chi connectivity index (χ1v) is 8.90. The molecule has 0 bridgehead atoms. The van der Waals surface area contributed by atoms with Crippen molar-refractivity contribution in [3.05, 3.63) is 21.9 Å². The molecule has 0 radical (unpaired) electrons. The van der Waals surface area contributed by atoms with Crippen molar-refractivity contribution in [3.63, 3.8) is 0 Å². The molecule has 1 unspecified atom stereocenters. The van der Waals surface area contributed by atoms with Gasteiger partial charge in [-0.1, -0.05) is 15.9 Å². The van der Waals surface area contributed by atoms with E-state index in [4.69, 9.17) is 0 Å². The Labute approximate surface area is 127 Å². The van der Waals surface area contributed by atoms with E-state index in [-0.39, 0.29) is 5.92 Å². The highest BCUT2D eigenvalue weighted by Gasteiger charge is 2.33. The minimum Gasteiger partial charge on any atom is -0.345 e. The van der Waals surface area contributed by atoms with Crippen LogP contribution in [0, 0.1) is 5.92 Å². The molecule has 0 N–H and O–H groups in total. The second-order valence-corrected chi connectivity index (χ2v) is 8.19. The normalized spacial score (nSPS) is 29.5. The van der Waals surface area contributed by atoms with Crippen molar-refractivity contribution >= 4 is 33.2 Å². The summed E-state index contributed by atoms with van der Waals surface area (Å²) in [5.74, 6) is 1.15. The van der Waals surface area contributed by atoms with Gasteiger partial charge in [-0.2, -0.15) is 0 Å². The number of nitrogens with zero attached hydrogens (tertiary/aromatic N) is 1. The third-order valence-corrected chi connectivity index (χ3v) is 6.18. The Morgan fingerprint density at radius 3 is 3.05 bits per heavy atom. The van der Waals surface area contributed by atoms with Crippen LogP contribution in [0.3, 0.4) is 0 Å². The first-order valence-electron chi connectivity index (χ1n) is 7.10. The summed E-state index contributed by atoms with van der Waals surface area (Å²) < 4.78 is 0. The molecule has 2 nitrogen and oxygen atoms in total. The molecule has 4 heteroatoms. The van der Waals surface area contributed by atoms with Crippen LogP contribution in [-0.2, 0) is 11.2 Å². The van der Waals surface area contributed by atoms with Crippen molar-refractivity contribution in [1.82, 2.24) is 4.90 Å². The fraction of sp³-hybridized carbons (Fsp3) is 0.667. The first kappa shape index (κ1) is 13.6. The third-order valence-electron chi connectivity index (χ3n) is 4.44. The summed E-state index contributed by atoms with van der Waals surface area (Å²) in [6.45, 7) is 0.927. The van der Waals surface area contributed by atoms with Gasteiger partial charge in [0.25, 0.3) is 0 Å². The van der Waals surface area contributed by atoms with Crippen LogP contribution in [0.15, 0.2) is 11.4 Å². The molecular weight excluding hydrogens is 322 g/mol. The van der Waals surface area contributed by atoms with Crippen molar-refractivity contribution in [1.29, 1.82) is 0 Å². The van der Waals surface area contributed by atoms with E-state index in [1.165, 1.54) is 23.3 Å². The molecule has 2 aliphatic carbocycles. The number of carbonyl (C=O) groups is 1. The zero-order chi connectivity index (χ0) is 13.4. The van der Waals surface area contributed by atoms with Gasteiger partial charge in [0.1, 0.15) is 0 Å². The molecule has 3 rings (SSSR count). The third kappa shape index (κ3) is 2.75. The summed E-state index contributed by atoms with van der Waals surface area (Å²) in [6, 6.07) is 2.16. The van der Waals surface area contributed by atoms with Crippen molar-refractivity contribution in [3.8, 4) is 0 Å². The average Bonchev–Trinajstić information content (AvgIpc) is 2.83. The van der Waals surface area contributed by atoms with Crippen molar-refractivity contribution in [2.75, 3.05) is 13.6 Å². The van der Waals surface area contributed by atoms with Gasteiger partial charge in [-0.25, -0.2) is 0 Å². The van der Waals surface area contributed by atoms with Crippen molar-refractivity contribution in [2.24, 2.45) is 5.92 Å². The van der Waals surface area contributed by atoms with Crippen LogP contribution in [0.2, 0.25) is 0 Å². The molecule has 1 heterocycles. The van der Waals surface area contributed by atoms with Crippen LogP contribution in [0.1, 0.15) is 42.0 Å². The van der Waals surface area contributed by atoms with Gasteiger partial charge < -0.3 is 4.90 Å². The number of aryl methyl sites for hydroxylation is 1. The predicted octanol–water partition coefficient (Wildman–Crippen LogP) is 3.80. The monoisotopic (exact) mass is 341 g/mol. The highest BCUT2D eigenvalue weighted by Crippen LogP contribution is 2.37. The number of hydrogen-bond acceptors (Lipinski definition) is 2. The molecule has 0 aromatic carbocycles. The molecule has 1 amide bonds. The fourth-order valence-electron chi connectivity index (χ4n) is 3.29. The molecule has 1 saturated carbocycles. The minimum atomic E-state index is 0.125. The maximum Gasteiger partial charge on any atom is 0.229 e. The number of likely N-dealkylation sites (N-methyl/N-ethyl adjacent to an activating group) is 1. The summed E-state index contributed by atoms with van der Waals surface area (Å²) in [5, 5.41) is 2.14. The maximum absolute atomic E-state index is 12.6. The van der Waals surface area contributed by atoms with Crippen LogP contribution in [-0.4, -0.2) is 29.2 Å². The van der Waals surface area contributed by atoms with Gasteiger partial charge in [0.05, 0.1) is 5.92 Å². The van der Waals surface area contributed by atoms with Crippen LogP contribution in [0.4, 0.5) is 0 Å². The van der Waals surface area contributed by atoms with Gasteiger partial charge >= 0.3 is 0 Å². The Balaban J connectivity index is 1.64. The van der Waals surface area contributed by atoms with Crippen molar-refractivity contribution in [2.45, 2.75) is 42.8 Å². The van der Waals surface area contributed by atoms with E-state index in [0.717, 1.165) is 25.8 Å². The Bertz CT molecular complexity index is 466. The minimum absolute atomic E-state index is 0.125. The van der Waals surface area contributed by atoms with E-state index in [1.807, 2.05) is 23.3 Å². The van der Waals surface area contributed by atoms with E-state index in [2.05, 4.69) is 27.4 Å². The second-order valence-electron chi connectivity index (χ2n) is 5.90. The Hall–Kier alpha value is -0.350. The van der Waals surface area contributed by atoms with Gasteiger partial charge in [-0.05, 0) is 55.0 Å². The second kappa shape index (κ2) is 5.57. The molecule has 1 fully saturated rings. The molecule has 2 aliphatic rings. The summed E-state index contributed by atoms with van der Waals surface area (Å²) >= 11 is 5.43. The number of fused-ring (bicyclic) bond motifs is 1. The SMILES string of the molecule is CN(CC1CC(Br)C1)C(=O)C1CCCc2sccc21. The van der Waals surface area contributed by atoms with Crippen LogP contribution < -0.4 is 0 Å². The topological polar surface area (TPSA) is 20.3 Å². The number of alkyl halides is 1. The molecule has 0 spiro atoms. The van der Waals surface area contributed by atoms with E-state index in [1.54, 1.807) is 0 Å². The number of thiophene rings is 1. The largest absolute Gasteiger partial charge is 0.345 e. The van der Waals surface area contributed by atoms with Crippen LogP contribution in [0.5, 0.6) is 0 Å². The lowest BCUT2D eigenvalue weighted by Crippen LogP contribution is -2.40. The van der Waals surface area contributed by atoms with Gasteiger partial charge in [0.2, 0.25) is 5.91 Å². The molecule has 1 atom stereocenters. The van der Waals surface area contributed by atoms with Gasteiger partial charge in [-0.3, -0.25) is 4.79 Å². The Morgan fingerprint density at radius 1 is 1.53 bits per heavy atom. The van der Waals surface area contributed by atoms with Crippen LogP contribution >= 0.6 is 27.3 Å². The Morgan fingerprint density at radius 2 is 2.32 bits per heavy atom. The standard InChI is InChI=1S/C15H20BrNOS/c1-17(9-10-7-11(16)8-10)15(18)13-3-2-4-14-12(13)5-6-19-14/h5-6,10-11,13H,2-4,7-9H2,1H3. The molecule has 0 saturated heterocycles. The molecule has 19 heavy (non-hydrogen) atoms. The molecule has 0 aliphatic heterocycles. The maximum atomic E-state index is 12.6. The first-order chi connectivity index (χ1) is 9.15. The Kier molecular flexibility index (Phi) is 3.99. The lowest BCUT2D eigenvalue weighted by molar-refractivity contribution is -0.132. The summed E-state index contributed by atoms with van der Waals surface area (Å²) in [6.07, 6.45) is 5.77. The summed E-state index contributed by atoms with van der Waals surface area (Å²) in [4.78, 5) is 16.7. The van der Waals surface area contributed by atoms with E-state index in [0.29, 0.717) is 16.7 Å². The highest BCUT2D eigenvalue weighted by atomic mass is 79.9. The molecule has 104 valence electrons.